The Morgan fingerprint density at radius 2 is 2.19 bits per heavy atom. The van der Waals surface area contributed by atoms with Gasteiger partial charge < -0.3 is 10.1 Å². The van der Waals surface area contributed by atoms with Crippen molar-refractivity contribution in [3.8, 4) is 0 Å². The Hall–Kier alpha value is -1.65. The van der Waals surface area contributed by atoms with Gasteiger partial charge in [-0.2, -0.15) is 0 Å². The summed E-state index contributed by atoms with van der Waals surface area (Å²) in [5.41, 5.74) is 0.0713. The highest BCUT2D eigenvalue weighted by Gasteiger charge is 2.15. The molecule has 0 aromatic heterocycles. The summed E-state index contributed by atoms with van der Waals surface area (Å²) >= 11 is 0. The van der Waals surface area contributed by atoms with Gasteiger partial charge in [0, 0.05) is 6.07 Å². The third kappa shape index (κ3) is 3.18. The van der Waals surface area contributed by atoms with Crippen LogP contribution in [0.15, 0.2) is 18.2 Å². The van der Waals surface area contributed by atoms with Crippen LogP contribution in [0.3, 0.4) is 0 Å². The highest BCUT2D eigenvalue weighted by molar-refractivity contribution is 5.78. The summed E-state index contributed by atoms with van der Waals surface area (Å²) in [5.74, 6) is -1.88. The number of benzene rings is 1. The smallest absolute Gasteiger partial charge is 0.328 e. The van der Waals surface area contributed by atoms with E-state index in [1.165, 1.54) is 6.07 Å². The second-order valence-corrected chi connectivity index (χ2v) is 3.24. The zero-order valence-electron chi connectivity index (χ0n) is 9.09. The van der Waals surface area contributed by atoms with Gasteiger partial charge in [0.25, 0.3) is 0 Å². The predicted molar refractivity (Wildman–Crippen MR) is 56.1 cm³/mol. The number of nitrogens with one attached hydrogen (secondary N) is 1. The Labute approximate surface area is 92.4 Å². The summed E-state index contributed by atoms with van der Waals surface area (Å²) in [6, 6.07) is 2.42. The van der Waals surface area contributed by atoms with Crippen molar-refractivity contribution in [3.63, 3.8) is 0 Å². The van der Waals surface area contributed by atoms with E-state index in [1.807, 2.05) is 0 Å². The molecule has 0 spiro atoms. The SMILES string of the molecule is CCOC(=O)C(C)Nc1ccc(F)cc1F. The van der Waals surface area contributed by atoms with Crippen molar-refractivity contribution in [1.29, 1.82) is 0 Å². The average Bonchev–Trinajstić information content (AvgIpc) is 2.22. The van der Waals surface area contributed by atoms with Gasteiger partial charge >= 0.3 is 5.97 Å². The summed E-state index contributed by atoms with van der Waals surface area (Å²) in [6.07, 6.45) is 0. The molecule has 1 aromatic carbocycles. The molecule has 0 aliphatic rings. The molecule has 1 unspecified atom stereocenters. The fraction of sp³-hybridized carbons (Fsp3) is 0.364. The zero-order chi connectivity index (χ0) is 12.1. The molecule has 1 N–H and O–H groups in total. The van der Waals surface area contributed by atoms with Crippen LogP contribution in [0.1, 0.15) is 13.8 Å². The minimum absolute atomic E-state index is 0.0713. The molecule has 16 heavy (non-hydrogen) atoms. The van der Waals surface area contributed by atoms with Gasteiger partial charge in [0.05, 0.1) is 12.3 Å². The number of ether oxygens (including phenoxy) is 1. The third-order valence-electron chi connectivity index (χ3n) is 1.94. The molecule has 1 rings (SSSR count). The van der Waals surface area contributed by atoms with Gasteiger partial charge in [0.15, 0.2) is 0 Å². The number of anilines is 1. The van der Waals surface area contributed by atoms with Crippen LogP contribution < -0.4 is 5.32 Å². The molecule has 0 fully saturated rings. The normalized spacial score (nSPS) is 12.0. The summed E-state index contributed by atoms with van der Waals surface area (Å²) in [7, 11) is 0. The monoisotopic (exact) mass is 229 g/mol. The first kappa shape index (κ1) is 12.4. The van der Waals surface area contributed by atoms with Crippen LogP contribution in [-0.2, 0) is 9.53 Å². The third-order valence-corrected chi connectivity index (χ3v) is 1.94. The number of carbonyl (C=O) groups excluding carboxylic acids is 1. The molecule has 0 radical (unpaired) electrons. The number of hydrogen-bond acceptors (Lipinski definition) is 3. The number of esters is 1. The molecule has 0 bridgehead atoms. The summed E-state index contributed by atoms with van der Waals surface area (Å²) in [5, 5.41) is 2.61. The maximum Gasteiger partial charge on any atom is 0.328 e. The van der Waals surface area contributed by atoms with Crippen LogP contribution in [0, 0.1) is 11.6 Å². The molecule has 3 nitrogen and oxygen atoms in total. The molecule has 1 aromatic rings. The fourth-order valence-corrected chi connectivity index (χ4v) is 1.17. The maximum absolute atomic E-state index is 13.2. The van der Waals surface area contributed by atoms with E-state index in [2.05, 4.69) is 5.32 Å². The standard InChI is InChI=1S/C11H13F2NO2/c1-3-16-11(15)7(2)14-10-5-4-8(12)6-9(10)13/h4-7,14H,3H2,1-2H3. The largest absolute Gasteiger partial charge is 0.464 e. The van der Waals surface area contributed by atoms with E-state index < -0.39 is 23.6 Å². The van der Waals surface area contributed by atoms with E-state index in [9.17, 15) is 13.6 Å². The molecule has 1 atom stereocenters. The van der Waals surface area contributed by atoms with E-state index in [1.54, 1.807) is 13.8 Å². The lowest BCUT2D eigenvalue weighted by Crippen LogP contribution is -2.28. The molecular formula is C11H13F2NO2. The van der Waals surface area contributed by atoms with Crippen molar-refractivity contribution >= 4 is 11.7 Å². The van der Waals surface area contributed by atoms with Gasteiger partial charge in [-0.15, -0.1) is 0 Å². The van der Waals surface area contributed by atoms with E-state index >= 15 is 0 Å². The van der Waals surface area contributed by atoms with Crippen LogP contribution in [0.2, 0.25) is 0 Å². The lowest BCUT2D eigenvalue weighted by molar-refractivity contribution is -0.143. The van der Waals surface area contributed by atoms with Gasteiger partial charge in [-0.25, -0.2) is 13.6 Å². The Morgan fingerprint density at radius 3 is 2.75 bits per heavy atom. The van der Waals surface area contributed by atoms with Crippen LogP contribution >= 0.6 is 0 Å². The first-order valence-corrected chi connectivity index (χ1v) is 4.92. The fourth-order valence-electron chi connectivity index (χ4n) is 1.17. The van der Waals surface area contributed by atoms with Gasteiger partial charge in [0.2, 0.25) is 0 Å². The summed E-state index contributed by atoms with van der Waals surface area (Å²) in [6.45, 7) is 3.49. The van der Waals surface area contributed by atoms with Crippen molar-refractivity contribution < 1.29 is 18.3 Å². The average molecular weight is 229 g/mol. The van der Waals surface area contributed by atoms with Crippen molar-refractivity contribution in [2.75, 3.05) is 11.9 Å². The second kappa shape index (κ2) is 5.44. The van der Waals surface area contributed by atoms with Crippen LogP contribution in [0.25, 0.3) is 0 Å². The lowest BCUT2D eigenvalue weighted by Gasteiger charge is -2.14. The molecule has 0 heterocycles. The van der Waals surface area contributed by atoms with E-state index in [0.29, 0.717) is 0 Å². The van der Waals surface area contributed by atoms with E-state index in [4.69, 9.17) is 4.74 Å². The lowest BCUT2D eigenvalue weighted by atomic mass is 10.2. The molecule has 0 saturated heterocycles. The molecule has 5 heteroatoms. The number of hydrogen-bond donors (Lipinski definition) is 1. The molecule has 88 valence electrons. The summed E-state index contributed by atoms with van der Waals surface area (Å²) in [4.78, 5) is 11.2. The minimum Gasteiger partial charge on any atom is -0.464 e. The zero-order valence-corrected chi connectivity index (χ0v) is 9.09. The van der Waals surface area contributed by atoms with Crippen LogP contribution in [0.5, 0.6) is 0 Å². The van der Waals surface area contributed by atoms with Crippen molar-refractivity contribution in [3.05, 3.63) is 29.8 Å². The Kier molecular flexibility index (Phi) is 4.22. The first-order valence-electron chi connectivity index (χ1n) is 4.92. The number of halogens is 2. The van der Waals surface area contributed by atoms with Gasteiger partial charge in [-0.1, -0.05) is 0 Å². The number of carbonyl (C=O) groups is 1. The molecule has 0 amide bonds. The molecular weight excluding hydrogens is 216 g/mol. The molecule has 0 aliphatic heterocycles. The van der Waals surface area contributed by atoms with E-state index in [0.717, 1.165) is 12.1 Å². The highest BCUT2D eigenvalue weighted by atomic mass is 19.1. The minimum atomic E-state index is -0.740. The van der Waals surface area contributed by atoms with E-state index in [-0.39, 0.29) is 12.3 Å². The Bertz CT molecular complexity index is 382. The molecule has 0 aliphatic carbocycles. The van der Waals surface area contributed by atoms with Crippen LogP contribution in [-0.4, -0.2) is 18.6 Å². The van der Waals surface area contributed by atoms with Crippen LogP contribution in [0.4, 0.5) is 14.5 Å². The Balaban J connectivity index is 2.69. The topological polar surface area (TPSA) is 38.3 Å². The Morgan fingerprint density at radius 1 is 1.50 bits per heavy atom. The predicted octanol–water partition coefficient (Wildman–Crippen LogP) is 2.33. The van der Waals surface area contributed by atoms with Crippen molar-refractivity contribution in [2.45, 2.75) is 19.9 Å². The van der Waals surface area contributed by atoms with Gasteiger partial charge in [-0.3, -0.25) is 0 Å². The quantitative estimate of drug-likeness (QED) is 0.805. The maximum atomic E-state index is 13.2. The second-order valence-electron chi connectivity index (χ2n) is 3.24. The van der Waals surface area contributed by atoms with Crippen molar-refractivity contribution in [1.82, 2.24) is 0 Å². The van der Waals surface area contributed by atoms with Crippen molar-refractivity contribution in [2.24, 2.45) is 0 Å². The highest BCUT2D eigenvalue weighted by Crippen LogP contribution is 2.16. The molecule has 0 saturated carbocycles. The number of rotatable bonds is 4. The van der Waals surface area contributed by atoms with Gasteiger partial charge in [-0.05, 0) is 26.0 Å². The first-order chi connectivity index (χ1) is 7.54. The van der Waals surface area contributed by atoms with Gasteiger partial charge in [0.1, 0.15) is 17.7 Å². The summed E-state index contributed by atoms with van der Waals surface area (Å²) < 4.78 is 30.6.